The van der Waals surface area contributed by atoms with Crippen LogP contribution < -0.4 is 4.74 Å². The molecule has 334 valence electrons. The Morgan fingerprint density at radius 3 is 1.57 bits per heavy atom. The van der Waals surface area contributed by atoms with E-state index in [1.807, 2.05) is 0 Å². The molecule has 0 amide bonds. The molecule has 1 aliphatic heterocycles. The summed E-state index contributed by atoms with van der Waals surface area (Å²) < 4.78 is 6.62. The Morgan fingerprint density at radius 1 is 0.420 bits per heavy atom. The van der Waals surface area contributed by atoms with Crippen LogP contribution in [-0.2, 0) is 10.8 Å². The molecule has 0 unspecified atom stereocenters. The zero-order valence-electron chi connectivity index (χ0n) is 39.3. The largest absolute Gasteiger partial charge is 0.457 e. The molecular weight excluding hydrogens is 839 g/mol. The summed E-state index contributed by atoms with van der Waals surface area (Å²) in [5.74, 6) is 6.85. The molecule has 4 nitrogen and oxygen atoms in total. The van der Waals surface area contributed by atoms with Gasteiger partial charge in [0.05, 0.1) is 5.41 Å². The van der Waals surface area contributed by atoms with E-state index in [2.05, 4.69) is 184 Å². The van der Waals surface area contributed by atoms with Gasteiger partial charge in [-0.15, -0.1) is 0 Å². The summed E-state index contributed by atoms with van der Waals surface area (Å²) in [4.78, 5) is 16.0. The molecule has 4 heteroatoms. The van der Waals surface area contributed by atoms with Gasteiger partial charge in [-0.05, 0) is 160 Å². The lowest BCUT2D eigenvalue weighted by molar-refractivity contribution is -0.0321. The van der Waals surface area contributed by atoms with Gasteiger partial charge in [-0.25, -0.2) is 15.0 Å². The van der Waals surface area contributed by atoms with E-state index < -0.39 is 5.41 Å². The molecule has 0 N–H and O–H groups in total. The van der Waals surface area contributed by atoms with E-state index in [1.54, 1.807) is 5.57 Å². The van der Waals surface area contributed by atoms with Gasteiger partial charge in [-0.3, -0.25) is 0 Å². The van der Waals surface area contributed by atoms with E-state index in [4.69, 9.17) is 19.7 Å². The number of fused-ring (bicyclic) bond motifs is 12. The third kappa shape index (κ3) is 5.72. The number of aromatic nitrogens is 3. The van der Waals surface area contributed by atoms with Crippen LogP contribution in [-0.4, -0.2) is 15.0 Å². The van der Waals surface area contributed by atoms with Crippen molar-refractivity contribution in [3.63, 3.8) is 0 Å². The van der Waals surface area contributed by atoms with Crippen molar-refractivity contribution in [1.29, 1.82) is 0 Å². The molecule has 8 aliphatic rings. The second kappa shape index (κ2) is 14.4. The van der Waals surface area contributed by atoms with Crippen molar-refractivity contribution in [2.45, 2.75) is 76.0 Å². The van der Waals surface area contributed by atoms with E-state index >= 15 is 0 Å². The number of hydrogen-bond acceptors (Lipinski definition) is 4. The second-order valence-electron chi connectivity index (χ2n) is 22.0. The molecule has 69 heavy (non-hydrogen) atoms. The van der Waals surface area contributed by atoms with Crippen LogP contribution in [0.15, 0.2) is 175 Å². The minimum absolute atomic E-state index is 0.127. The number of nitrogens with zero attached hydrogens (tertiary/aromatic N) is 3. The summed E-state index contributed by atoms with van der Waals surface area (Å²) in [6, 6.07) is 57.7. The molecule has 4 fully saturated rings. The molecular formula is C65H53N3O. The molecule has 4 bridgehead atoms. The van der Waals surface area contributed by atoms with Crippen LogP contribution in [0, 0.1) is 23.2 Å². The van der Waals surface area contributed by atoms with Crippen LogP contribution in [0.25, 0.3) is 61.7 Å². The first-order valence-corrected chi connectivity index (χ1v) is 25.5. The molecule has 8 aromatic rings. The van der Waals surface area contributed by atoms with Crippen molar-refractivity contribution in [3.8, 4) is 67.7 Å². The Hall–Kier alpha value is -7.17. The van der Waals surface area contributed by atoms with Crippen molar-refractivity contribution in [1.82, 2.24) is 15.0 Å². The van der Waals surface area contributed by atoms with Crippen LogP contribution in [0.4, 0.5) is 0 Å². The van der Waals surface area contributed by atoms with Gasteiger partial charge in [0.2, 0.25) is 0 Å². The fourth-order valence-corrected chi connectivity index (χ4v) is 15.2. The Balaban J connectivity index is 0.832. The summed E-state index contributed by atoms with van der Waals surface area (Å²) in [6.45, 7) is 4.68. The summed E-state index contributed by atoms with van der Waals surface area (Å²) in [7, 11) is 0. The van der Waals surface area contributed by atoms with Crippen molar-refractivity contribution in [2.75, 3.05) is 0 Å². The molecule has 7 aromatic carbocycles. The predicted molar refractivity (Wildman–Crippen MR) is 277 cm³/mol. The van der Waals surface area contributed by atoms with Crippen molar-refractivity contribution in [3.05, 3.63) is 215 Å². The van der Waals surface area contributed by atoms with E-state index in [1.165, 1.54) is 105 Å². The minimum atomic E-state index is -0.514. The Morgan fingerprint density at radius 2 is 0.913 bits per heavy atom. The van der Waals surface area contributed by atoms with Crippen molar-refractivity contribution >= 4 is 5.57 Å². The van der Waals surface area contributed by atoms with Crippen LogP contribution in [0.3, 0.4) is 0 Å². The first-order valence-electron chi connectivity index (χ1n) is 25.5. The van der Waals surface area contributed by atoms with Crippen LogP contribution >= 0.6 is 0 Å². The SMILES string of the molecule is CC1(C)c2ccccc2-c2ccc(-c3nc(C4=CC=C(C56CC7C[C@H](C5)C[C@@H](C7)C6)CC4)nc(-c4ccc(-c5ccc6c(c5)C5(c7ccccc7Oc7ccccc75)c5ccccc5-6)cc4)n3)cc21. The zero-order chi connectivity index (χ0) is 45.6. The van der Waals surface area contributed by atoms with E-state index in [0.29, 0.717) is 11.2 Å². The number of benzene rings is 7. The van der Waals surface area contributed by atoms with Crippen molar-refractivity contribution < 1.29 is 4.74 Å². The Bertz CT molecular complexity index is 3470. The van der Waals surface area contributed by atoms with E-state index in [0.717, 1.165) is 70.4 Å². The maximum absolute atomic E-state index is 6.62. The molecule has 0 radical (unpaired) electrons. The van der Waals surface area contributed by atoms with Gasteiger partial charge in [0.1, 0.15) is 11.5 Å². The van der Waals surface area contributed by atoms with E-state index in [-0.39, 0.29) is 5.41 Å². The molecule has 16 rings (SSSR count). The van der Waals surface area contributed by atoms with Crippen molar-refractivity contribution in [2.24, 2.45) is 23.2 Å². The number of allylic oxidation sites excluding steroid dienone is 4. The van der Waals surface area contributed by atoms with Gasteiger partial charge in [0.25, 0.3) is 0 Å². The lowest BCUT2D eigenvalue weighted by atomic mass is 9.47. The average molecular weight is 892 g/mol. The standard InChI is InChI=1S/C65H53N3O/c1-63(2)52-13-5-3-11-48(52)50-30-26-46(35-56(50)63)62-67-60(66-61(68-62)44-23-27-47(28-24-44)64-36-39-31-40(37-64)33-41(32-39)38-64)43-21-19-42(20-22-43)45-25-29-51-49-12-4-6-14-53(49)65(57(51)34-45)54-15-7-9-17-58(54)69-59-18-10-8-16-55(59)65/h3-23,25-27,29-30,34-35,39-41H,24,28,31-33,36-38H2,1-2H3/t39-,40+,41?,64?. The Kier molecular flexibility index (Phi) is 8.32. The number of hydrogen-bond donors (Lipinski definition) is 0. The van der Waals surface area contributed by atoms with Gasteiger partial charge in [0, 0.05) is 27.7 Å². The molecule has 1 aromatic heterocycles. The molecule has 4 saturated carbocycles. The number of rotatable bonds is 5. The van der Waals surface area contributed by atoms with Crippen LogP contribution in [0.2, 0.25) is 0 Å². The fourth-order valence-electron chi connectivity index (χ4n) is 15.2. The molecule has 2 heterocycles. The van der Waals surface area contributed by atoms with Crippen LogP contribution in [0.5, 0.6) is 11.5 Å². The molecule has 1 spiro atoms. The quantitative estimate of drug-likeness (QED) is 0.173. The van der Waals surface area contributed by atoms with Gasteiger partial charge in [-0.1, -0.05) is 165 Å². The monoisotopic (exact) mass is 891 g/mol. The fraction of sp³-hybridized carbons (Fsp3) is 0.246. The predicted octanol–water partition coefficient (Wildman–Crippen LogP) is 16.0. The average Bonchev–Trinajstić information content (AvgIpc) is 3.80. The maximum Gasteiger partial charge on any atom is 0.164 e. The summed E-state index contributed by atoms with van der Waals surface area (Å²) in [6.07, 6.45) is 15.6. The topological polar surface area (TPSA) is 47.9 Å². The lowest BCUT2D eigenvalue weighted by Crippen LogP contribution is -2.47. The highest BCUT2D eigenvalue weighted by Crippen LogP contribution is 2.65. The second-order valence-corrected chi connectivity index (χ2v) is 22.0. The van der Waals surface area contributed by atoms with E-state index in [9.17, 15) is 0 Å². The smallest absolute Gasteiger partial charge is 0.164 e. The van der Waals surface area contributed by atoms with Gasteiger partial charge in [-0.2, -0.15) is 0 Å². The lowest BCUT2D eigenvalue weighted by Gasteiger charge is -2.58. The highest BCUT2D eigenvalue weighted by molar-refractivity contribution is 5.90. The first-order chi connectivity index (χ1) is 33.8. The van der Waals surface area contributed by atoms with Gasteiger partial charge < -0.3 is 4.74 Å². The number of para-hydroxylation sites is 2. The minimum Gasteiger partial charge on any atom is -0.457 e. The summed E-state index contributed by atoms with van der Waals surface area (Å²) >= 11 is 0. The molecule has 0 saturated heterocycles. The van der Waals surface area contributed by atoms with Gasteiger partial charge >= 0.3 is 0 Å². The maximum atomic E-state index is 6.62. The van der Waals surface area contributed by atoms with Gasteiger partial charge in [0.15, 0.2) is 17.5 Å². The Labute approximate surface area is 404 Å². The third-order valence-electron chi connectivity index (χ3n) is 18.0. The highest BCUT2D eigenvalue weighted by atomic mass is 16.5. The molecule has 0 atom stereocenters. The summed E-state index contributed by atoms with van der Waals surface area (Å²) in [5, 5.41) is 0. The normalized spacial score (nSPS) is 23.2. The third-order valence-corrected chi connectivity index (χ3v) is 18.0. The highest BCUT2D eigenvalue weighted by Gasteiger charge is 2.53. The van der Waals surface area contributed by atoms with Crippen LogP contribution in [0.1, 0.15) is 104 Å². The zero-order valence-corrected chi connectivity index (χ0v) is 39.3. The summed E-state index contributed by atoms with van der Waals surface area (Å²) in [5.41, 5.74) is 19.8. The first kappa shape index (κ1) is 39.8. The number of ether oxygens (including phenoxy) is 1. The molecule has 7 aliphatic carbocycles.